The van der Waals surface area contributed by atoms with E-state index in [-0.39, 0.29) is 18.4 Å². The van der Waals surface area contributed by atoms with Gasteiger partial charge in [-0.05, 0) is 11.6 Å². The van der Waals surface area contributed by atoms with Crippen LogP contribution in [0.1, 0.15) is 11.5 Å². The number of carbonyl (C=O) groups excluding carboxylic acids is 1. The Labute approximate surface area is 70.0 Å². The Hall–Kier alpha value is -1.35. The Balaban J connectivity index is 2.47. The van der Waals surface area contributed by atoms with E-state index in [1.165, 1.54) is 0 Å². The van der Waals surface area contributed by atoms with Gasteiger partial charge in [-0.2, -0.15) is 0 Å². The lowest BCUT2D eigenvalue weighted by Gasteiger charge is -2.01. The number of nitrogens with one attached hydrogen (secondary N) is 1. The minimum atomic E-state index is -0.374. The molecule has 1 amide bonds. The molecule has 3 nitrogen and oxygen atoms in total. The van der Waals surface area contributed by atoms with Crippen LogP contribution in [0.3, 0.4) is 0 Å². The summed E-state index contributed by atoms with van der Waals surface area (Å²) in [5.41, 5.74) is 1.71. The predicted molar refractivity (Wildman–Crippen MR) is 44.9 cm³/mol. The van der Waals surface area contributed by atoms with E-state index in [1.807, 2.05) is 24.3 Å². The molecular formula is C9H9NO2. The molecule has 1 aliphatic heterocycles. The molecule has 0 aromatic heterocycles. The molecule has 0 fully saturated rings. The van der Waals surface area contributed by atoms with Gasteiger partial charge in [-0.25, -0.2) is 0 Å². The second-order valence-electron chi connectivity index (χ2n) is 2.81. The lowest BCUT2D eigenvalue weighted by atomic mass is 10.0. The molecule has 0 bridgehead atoms. The number of fused-ring (bicyclic) bond motifs is 1. The first kappa shape index (κ1) is 7.31. The van der Waals surface area contributed by atoms with Crippen LogP contribution in [0, 0.1) is 0 Å². The maximum absolute atomic E-state index is 11.2. The minimum absolute atomic E-state index is 0.112. The van der Waals surface area contributed by atoms with E-state index in [4.69, 9.17) is 5.11 Å². The number of carbonyl (C=O) groups is 1. The van der Waals surface area contributed by atoms with Crippen molar-refractivity contribution >= 4 is 11.6 Å². The van der Waals surface area contributed by atoms with Gasteiger partial charge in [-0.3, -0.25) is 4.79 Å². The van der Waals surface area contributed by atoms with Crippen LogP contribution in [0.2, 0.25) is 0 Å². The van der Waals surface area contributed by atoms with Crippen LogP contribution in [0.25, 0.3) is 0 Å². The van der Waals surface area contributed by atoms with Gasteiger partial charge in [0.25, 0.3) is 0 Å². The molecule has 3 heteroatoms. The van der Waals surface area contributed by atoms with Crippen molar-refractivity contribution in [2.75, 3.05) is 11.9 Å². The fraction of sp³-hybridized carbons (Fsp3) is 0.222. The summed E-state index contributed by atoms with van der Waals surface area (Å²) >= 11 is 0. The summed E-state index contributed by atoms with van der Waals surface area (Å²) in [6.07, 6.45) is 0. The predicted octanol–water partition coefficient (Wildman–Crippen LogP) is 0.715. The zero-order valence-corrected chi connectivity index (χ0v) is 6.45. The quantitative estimate of drug-likeness (QED) is 0.640. The lowest BCUT2D eigenvalue weighted by Crippen LogP contribution is -2.14. The molecule has 0 saturated heterocycles. The normalized spacial score (nSPS) is 20.4. The smallest absolute Gasteiger partial charge is 0.234 e. The van der Waals surface area contributed by atoms with Crippen molar-refractivity contribution in [2.45, 2.75) is 5.92 Å². The summed E-state index contributed by atoms with van der Waals surface area (Å²) in [4.78, 5) is 11.2. The largest absolute Gasteiger partial charge is 0.395 e. The van der Waals surface area contributed by atoms with Crippen LogP contribution >= 0.6 is 0 Å². The average molecular weight is 163 g/mol. The number of hydrogen-bond donors (Lipinski definition) is 2. The third-order valence-electron chi connectivity index (χ3n) is 2.09. The van der Waals surface area contributed by atoms with Crippen molar-refractivity contribution in [3.63, 3.8) is 0 Å². The van der Waals surface area contributed by atoms with Gasteiger partial charge in [-0.15, -0.1) is 0 Å². The topological polar surface area (TPSA) is 49.3 Å². The maximum Gasteiger partial charge on any atom is 0.234 e. The van der Waals surface area contributed by atoms with Crippen LogP contribution in [-0.2, 0) is 4.79 Å². The van der Waals surface area contributed by atoms with Gasteiger partial charge in [0.15, 0.2) is 0 Å². The Bertz CT molecular complexity index is 322. The second kappa shape index (κ2) is 2.60. The zero-order chi connectivity index (χ0) is 8.55. The van der Waals surface area contributed by atoms with Crippen molar-refractivity contribution in [1.82, 2.24) is 0 Å². The van der Waals surface area contributed by atoms with Gasteiger partial charge in [0.05, 0.1) is 12.5 Å². The van der Waals surface area contributed by atoms with Gasteiger partial charge >= 0.3 is 0 Å². The molecule has 1 atom stereocenters. The first-order valence-electron chi connectivity index (χ1n) is 3.83. The molecule has 12 heavy (non-hydrogen) atoms. The molecule has 0 aliphatic carbocycles. The number of amides is 1. The maximum atomic E-state index is 11.2. The highest BCUT2D eigenvalue weighted by molar-refractivity contribution is 6.02. The summed E-state index contributed by atoms with van der Waals surface area (Å²) in [6, 6.07) is 7.41. The molecule has 1 aliphatic rings. The van der Waals surface area contributed by atoms with Crippen LogP contribution in [0.15, 0.2) is 24.3 Å². The van der Waals surface area contributed by atoms with Crippen molar-refractivity contribution in [3.8, 4) is 0 Å². The van der Waals surface area contributed by atoms with Crippen LogP contribution in [0.5, 0.6) is 0 Å². The van der Waals surface area contributed by atoms with Crippen LogP contribution < -0.4 is 5.32 Å². The Kier molecular flexibility index (Phi) is 1.59. The van der Waals surface area contributed by atoms with Crippen molar-refractivity contribution in [1.29, 1.82) is 0 Å². The number of benzene rings is 1. The number of anilines is 1. The molecule has 62 valence electrons. The summed E-state index contributed by atoms with van der Waals surface area (Å²) < 4.78 is 0. The van der Waals surface area contributed by atoms with E-state index in [2.05, 4.69) is 5.32 Å². The molecule has 0 saturated carbocycles. The highest BCUT2D eigenvalue weighted by atomic mass is 16.3. The van der Waals surface area contributed by atoms with Crippen molar-refractivity contribution in [3.05, 3.63) is 29.8 Å². The number of aliphatic hydroxyl groups is 1. The molecule has 2 rings (SSSR count). The zero-order valence-electron chi connectivity index (χ0n) is 6.45. The third-order valence-corrected chi connectivity index (χ3v) is 2.09. The van der Waals surface area contributed by atoms with Gasteiger partial charge in [-0.1, -0.05) is 18.2 Å². The Morgan fingerprint density at radius 3 is 2.92 bits per heavy atom. The molecule has 1 heterocycles. The van der Waals surface area contributed by atoms with Gasteiger partial charge in [0, 0.05) is 5.69 Å². The fourth-order valence-corrected chi connectivity index (χ4v) is 1.46. The molecule has 0 unspecified atom stereocenters. The molecule has 0 spiro atoms. The highest BCUT2D eigenvalue weighted by Crippen LogP contribution is 2.31. The first-order chi connectivity index (χ1) is 5.83. The van der Waals surface area contributed by atoms with Gasteiger partial charge < -0.3 is 10.4 Å². The van der Waals surface area contributed by atoms with Gasteiger partial charge in [0.1, 0.15) is 0 Å². The number of rotatable bonds is 1. The second-order valence-corrected chi connectivity index (χ2v) is 2.81. The minimum Gasteiger partial charge on any atom is -0.395 e. The van der Waals surface area contributed by atoms with E-state index < -0.39 is 0 Å². The Morgan fingerprint density at radius 1 is 1.42 bits per heavy atom. The van der Waals surface area contributed by atoms with Crippen molar-refractivity contribution < 1.29 is 9.90 Å². The van der Waals surface area contributed by atoms with E-state index in [9.17, 15) is 4.79 Å². The average Bonchev–Trinajstić information content (AvgIpc) is 2.40. The summed E-state index contributed by atoms with van der Waals surface area (Å²) in [5, 5.41) is 11.6. The fourth-order valence-electron chi connectivity index (χ4n) is 1.46. The Morgan fingerprint density at radius 2 is 2.17 bits per heavy atom. The monoisotopic (exact) mass is 163 g/mol. The molecule has 1 aromatic carbocycles. The first-order valence-corrected chi connectivity index (χ1v) is 3.83. The molecule has 1 aromatic rings. The molecule has 0 radical (unpaired) electrons. The summed E-state index contributed by atoms with van der Waals surface area (Å²) in [5.74, 6) is -0.486. The van der Waals surface area contributed by atoms with Crippen molar-refractivity contribution in [2.24, 2.45) is 0 Å². The van der Waals surface area contributed by atoms with E-state index in [1.54, 1.807) is 0 Å². The van der Waals surface area contributed by atoms with E-state index in [0.29, 0.717) is 0 Å². The third kappa shape index (κ3) is 0.905. The molecular weight excluding hydrogens is 154 g/mol. The summed E-state index contributed by atoms with van der Waals surface area (Å²) in [7, 11) is 0. The molecule has 2 N–H and O–H groups in total. The number of hydrogen-bond acceptors (Lipinski definition) is 2. The standard InChI is InChI=1S/C9H9NO2/c11-5-7-6-3-1-2-4-8(6)10-9(7)12/h1-4,7,11H,5H2,(H,10,12)/t7-/m1/s1. The van der Waals surface area contributed by atoms with Crippen LogP contribution in [0.4, 0.5) is 5.69 Å². The summed E-state index contributed by atoms with van der Waals surface area (Å²) in [6.45, 7) is -0.122. The van der Waals surface area contributed by atoms with E-state index in [0.717, 1.165) is 11.3 Å². The van der Waals surface area contributed by atoms with E-state index >= 15 is 0 Å². The number of aliphatic hydroxyl groups excluding tert-OH is 1. The van der Waals surface area contributed by atoms with Gasteiger partial charge in [0.2, 0.25) is 5.91 Å². The number of para-hydroxylation sites is 1. The highest BCUT2D eigenvalue weighted by Gasteiger charge is 2.28. The lowest BCUT2D eigenvalue weighted by molar-refractivity contribution is -0.117. The van der Waals surface area contributed by atoms with Crippen LogP contribution in [-0.4, -0.2) is 17.6 Å². The SMILES string of the molecule is O=C1Nc2ccccc2[C@H]1CO.